The van der Waals surface area contributed by atoms with Gasteiger partial charge in [-0.05, 0) is 36.6 Å². The van der Waals surface area contributed by atoms with E-state index in [4.69, 9.17) is 19.7 Å². The van der Waals surface area contributed by atoms with E-state index in [1.165, 1.54) is 0 Å². The van der Waals surface area contributed by atoms with Crippen molar-refractivity contribution in [1.82, 2.24) is 10.1 Å². The Hall–Kier alpha value is -2.05. The molecule has 0 amide bonds. The number of benzene rings is 1. The van der Waals surface area contributed by atoms with E-state index in [0.29, 0.717) is 24.9 Å². The SMILES string of the molecule is Cl.NC1(c2noc(/C=C/c3ccc4c(c3)OCCO4)n2)CCCC1. The van der Waals surface area contributed by atoms with Gasteiger partial charge in [-0.25, -0.2) is 0 Å². The van der Waals surface area contributed by atoms with Gasteiger partial charge in [-0.15, -0.1) is 12.4 Å². The van der Waals surface area contributed by atoms with Crippen LogP contribution in [0.25, 0.3) is 12.2 Å². The highest BCUT2D eigenvalue weighted by Gasteiger charge is 2.35. The van der Waals surface area contributed by atoms with Crippen LogP contribution in [0.1, 0.15) is 43.0 Å². The number of ether oxygens (including phenoxy) is 2. The van der Waals surface area contributed by atoms with Gasteiger partial charge >= 0.3 is 0 Å². The Labute approximate surface area is 146 Å². The van der Waals surface area contributed by atoms with Crippen molar-refractivity contribution in [2.45, 2.75) is 31.2 Å². The minimum absolute atomic E-state index is 0. The van der Waals surface area contributed by atoms with E-state index in [9.17, 15) is 0 Å². The molecule has 1 aromatic heterocycles. The topological polar surface area (TPSA) is 83.4 Å². The van der Waals surface area contributed by atoms with Gasteiger partial charge < -0.3 is 19.7 Å². The molecule has 0 unspecified atom stereocenters. The highest BCUT2D eigenvalue weighted by atomic mass is 35.5. The number of rotatable bonds is 3. The molecule has 1 aliphatic carbocycles. The maximum Gasteiger partial charge on any atom is 0.250 e. The van der Waals surface area contributed by atoms with Crippen LogP contribution in [-0.4, -0.2) is 23.4 Å². The maximum atomic E-state index is 6.34. The Balaban J connectivity index is 0.00000169. The van der Waals surface area contributed by atoms with Gasteiger partial charge in [0.15, 0.2) is 17.3 Å². The summed E-state index contributed by atoms with van der Waals surface area (Å²) in [5.74, 6) is 2.61. The van der Waals surface area contributed by atoms with E-state index < -0.39 is 5.54 Å². The van der Waals surface area contributed by atoms with Crippen molar-refractivity contribution in [3.8, 4) is 11.5 Å². The summed E-state index contributed by atoms with van der Waals surface area (Å²) < 4.78 is 16.4. The zero-order valence-corrected chi connectivity index (χ0v) is 14.1. The number of nitrogens with zero attached hydrogens (tertiary/aromatic N) is 2. The zero-order chi connectivity index (χ0) is 15.7. The third-order valence-corrected chi connectivity index (χ3v) is 4.37. The lowest BCUT2D eigenvalue weighted by atomic mass is 9.99. The lowest BCUT2D eigenvalue weighted by molar-refractivity contribution is 0.171. The summed E-state index contributed by atoms with van der Waals surface area (Å²) in [4.78, 5) is 4.42. The van der Waals surface area contributed by atoms with Crippen molar-refractivity contribution in [3.63, 3.8) is 0 Å². The summed E-state index contributed by atoms with van der Waals surface area (Å²) in [6.45, 7) is 1.17. The van der Waals surface area contributed by atoms with Crippen LogP contribution < -0.4 is 15.2 Å². The number of fused-ring (bicyclic) bond motifs is 1. The summed E-state index contributed by atoms with van der Waals surface area (Å²) >= 11 is 0. The lowest BCUT2D eigenvalue weighted by Crippen LogP contribution is -2.34. The Morgan fingerprint density at radius 2 is 1.79 bits per heavy atom. The largest absolute Gasteiger partial charge is 0.486 e. The molecule has 2 aliphatic rings. The van der Waals surface area contributed by atoms with Crippen LogP contribution in [0.3, 0.4) is 0 Å². The average molecular weight is 350 g/mol. The van der Waals surface area contributed by atoms with Crippen molar-refractivity contribution >= 4 is 24.6 Å². The fourth-order valence-electron chi connectivity index (χ4n) is 3.07. The van der Waals surface area contributed by atoms with Gasteiger partial charge in [0.05, 0.1) is 5.54 Å². The number of nitrogens with two attached hydrogens (primary N) is 1. The third kappa shape index (κ3) is 3.25. The number of aromatic nitrogens is 2. The van der Waals surface area contributed by atoms with Crippen LogP contribution >= 0.6 is 12.4 Å². The Morgan fingerprint density at radius 1 is 1.04 bits per heavy atom. The van der Waals surface area contributed by atoms with E-state index in [0.717, 1.165) is 42.7 Å². The number of hydrogen-bond donors (Lipinski definition) is 1. The summed E-state index contributed by atoms with van der Waals surface area (Å²) in [5, 5.41) is 4.05. The van der Waals surface area contributed by atoms with Crippen LogP contribution in [-0.2, 0) is 5.54 Å². The number of halogens is 1. The van der Waals surface area contributed by atoms with Crippen molar-refractivity contribution in [3.05, 3.63) is 35.5 Å². The molecule has 1 saturated carbocycles. The first-order valence-corrected chi connectivity index (χ1v) is 7.94. The Morgan fingerprint density at radius 3 is 2.58 bits per heavy atom. The van der Waals surface area contributed by atoms with Crippen LogP contribution in [0.4, 0.5) is 0 Å². The molecule has 2 aromatic rings. The molecule has 0 bridgehead atoms. The Bertz CT molecular complexity index is 738. The van der Waals surface area contributed by atoms with Gasteiger partial charge in [0.2, 0.25) is 0 Å². The van der Waals surface area contributed by atoms with E-state index in [1.807, 2.05) is 24.3 Å². The highest BCUT2D eigenvalue weighted by molar-refractivity contribution is 5.85. The minimum atomic E-state index is -0.424. The lowest BCUT2D eigenvalue weighted by Gasteiger charge is -2.18. The smallest absolute Gasteiger partial charge is 0.250 e. The fraction of sp³-hybridized carbons (Fsp3) is 0.412. The van der Waals surface area contributed by atoms with Crippen molar-refractivity contribution in [2.24, 2.45) is 5.73 Å². The first-order chi connectivity index (χ1) is 11.2. The van der Waals surface area contributed by atoms with Crippen molar-refractivity contribution in [2.75, 3.05) is 13.2 Å². The second-order valence-electron chi connectivity index (χ2n) is 6.06. The summed E-state index contributed by atoms with van der Waals surface area (Å²) in [5.41, 5.74) is 6.90. The summed E-state index contributed by atoms with van der Waals surface area (Å²) in [6, 6.07) is 5.80. The van der Waals surface area contributed by atoms with E-state index in [2.05, 4.69) is 10.1 Å². The van der Waals surface area contributed by atoms with Gasteiger partial charge in [0.1, 0.15) is 13.2 Å². The van der Waals surface area contributed by atoms with Gasteiger partial charge in [-0.1, -0.05) is 24.1 Å². The molecule has 2 heterocycles. The third-order valence-electron chi connectivity index (χ3n) is 4.37. The molecule has 0 radical (unpaired) electrons. The Kier molecular flexibility index (Phi) is 4.78. The van der Waals surface area contributed by atoms with Gasteiger partial charge in [-0.3, -0.25) is 0 Å². The van der Waals surface area contributed by atoms with E-state index in [1.54, 1.807) is 6.08 Å². The molecule has 0 saturated heterocycles. The molecule has 4 rings (SSSR count). The van der Waals surface area contributed by atoms with Crippen LogP contribution in [0.15, 0.2) is 22.7 Å². The molecule has 7 heteroatoms. The normalized spacial score (nSPS) is 18.5. The monoisotopic (exact) mass is 349 g/mol. The second-order valence-corrected chi connectivity index (χ2v) is 6.06. The summed E-state index contributed by atoms with van der Waals surface area (Å²) in [7, 11) is 0. The van der Waals surface area contributed by atoms with E-state index in [-0.39, 0.29) is 12.4 Å². The van der Waals surface area contributed by atoms with Crippen LogP contribution in [0.5, 0.6) is 11.5 Å². The minimum Gasteiger partial charge on any atom is -0.486 e. The predicted octanol–water partition coefficient (Wildman–Crippen LogP) is 3.16. The van der Waals surface area contributed by atoms with Gasteiger partial charge in [0, 0.05) is 6.08 Å². The van der Waals surface area contributed by atoms with Crippen molar-refractivity contribution in [1.29, 1.82) is 0 Å². The molecule has 128 valence electrons. The standard InChI is InChI=1S/C17H19N3O3.ClH/c18-17(7-1-2-8-17)16-19-15(23-20-16)6-4-12-3-5-13-14(11-12)22-10-9-21-13;/h3-6,11H,1-2,7-10,18H2;1H/b6-4+;. The first kappa shape index (κ1) is 16.8. The summed E-state index contributed by atoms with van der Waals surface area (Å²) in [6.07, 6.45) is 7.77. The van der Waals surface area contributed by atoms with Crippen LogP contribution in [0, 0.1) is 0 Å². The molecule has 0 atom stereocenters. The molecule has 1 aliphatic heterocycles. The molecule has 2 N–H and O–H groups in total. The maximum absolute atomic E-state index is 6.34. The molecule has 6 nitrogen and oxygen atoms in total. The molecule has 0 spiro atoms. The van der Waals surface area contributed by atoms with Gasteiger partial charge in [-0.2, -0.15) is 4.98 Å². The first-order valence-electron chi connectivity index (χ1n) is 7.94. The molecule has 1 fully saturated rings. The molecular formula is C17H20ClN3O3. The zero-order valence-electron chi connectivity index (χ0n) is 13.2. The quantitative estimate of drug-likeness (QED) is 0.916. The number of hydrogen-bond acceptors (Lipinski definition) is 6. The van der Waals surface area contributed by atoms with Crippen LogP contribution in [0.2, 0.25) is 0 Å². The average Bonchev–Trinajstić information content (AvgIpc) is 3.23. The van der Waals surface area contributed by atoms with Gasteiger partial charge in [0.25, 0.3) is 5.89 Å². The molecular weight excluding hydrogens is 330 g/mol. The molecule has 1 aromatic carbocycles. The van der Waals surface area contributed by atoms with E-state index >= 15 is 0 Å². The fourth-order valence-corrected chi connectivity index (χ4v) is 3.07. The molecule has 24 heavy (non-hydrogen) atoms. The second kappa shape index (κ2) is 6.83. The predicted molar refractivity (Wildman–Crippen MR) is 92.2 cm³/mol. The highest BCUT2D eigenvalue weighted by Crippen LogP contribution is 2.35. The van der Waals surface area contributed by atoms with Crippen molar-refractivity contribution < 1.29 is 14.0 Å².